The molecule has 0 fully saturated rings. The SMILES string of the molecule is CC1(CCCS(=O)(=O)O)C(/C=C/C=C/C=C2/N(CCCCCC(=O)O)c3ccc4c(S(=O)(=O)O)cc(S(=O)(=O)O)cc4c3C2(C)CCCS(=O)(=O)O)=[N+](CCCCCC(=O)O)c2ccc3c(S(=O)(=O)O)cc(S(=O)(=O)O)cc3c21. The number of carbonyl (C=O) groups is 2. The van der Waals surface area contributed by atoms with E-state index in [1.54, 1.807) is 47.6 Å². The summed E-state index contributed by atoms with van der Waals surface area (Å²) in [7, 11) is -29.8. The third-order valence-electron chi connectivity index (χ3n) is 14.1. The number of benzene rings is 4. The van der Waals surface area contributed by atoms with Crippen molar-refractivity contribution in [1.82, 2.24) is 0 Å². The highest BCUT2D eigenvalue weighted by atomic mass is 32.2. The summed E-state index contributed by atoms with van der Waals surface area (Å²) in [5, 5.41) is 18.1. The molecule has 2 heterocycles. The van der Waals surface area contributed by atoms with Gasteiger partial charge in [-0.15, -0.1) is 0 Å². The van der Waals surface area contributed by atoms with E-state index in [4.69, 9.17) is 0 Å². The molecule has 4 aromatic carbocycles. The van der Waals surface area contributed by atoms with Crippen LogP contribution in [0.5, 0.6) is 0 Å². The summed E-state index contributed by atoms with van der Waals surface area (Å²) >= 11 is 0. The second-order valence-corrected chi connectivity index (χ2v) is 28.5. The molecule has 6 rings (SSSR count). The zero-order chi connectivity index (χ0) is 58.9. The van der Waals surface area contributed by atoms with Crippen molar-refractivity contribution in [1.29, 1.82) is 0 Å². The van der Waals surface area contributed by atoms with Gasteiger partial charge in [0.15, 0.2) is 5.71 Å². The molecule has 24 nitrogen and oxygen atoms in total. The minimum atomic E-state index is -5.18. The molecule has 2 aliphatic heterocycles. The van der Waals surface area contributed by atoms with Gasteiger partial charge in [-0.25, -0.2) is 0 Å². The average molecular weight is 1220 g/mol. The predicted octanol–water partition coefficient (Wildman–Crippen LogP) is 6.74. The van der Waals surface area contributed by atoms with Gasteiger partial charge in [0.1, 0.15) is 16.3 Å². The molecule has 0 aliphatic carbocycles. The second-order valence-electron chi connectivity index (χ2n) is 19.7. The second kappa shape index (κ2) is 23.5. The molecule has 432 valence electrons. The van der Waals surface area contributed by atoms with Gasteiger partial charge in [0.2, 0.25) is 5.69 Å². The number of anilines is 1. The standard InChI is InChI=1S/C49H58N2O22S6/c1-48(22-12-26-74(56,57)58)42(50(24-10-4-8-16-44(52)53)38-20-18-34-36(46(38)48)28-32(76(62,63)64)30-40(34)78(68,69)70)14-6-3-7-15-43-49(2,23-13-27-75(59,60)61)47-37-29-33(77(65,66)67)31-41(79(71,72)73)35(37)19-21-39(47)51(43)25-11-5-9-17-45(54)55/h3,6-7,14-15,18-21,28-31H,4-5,8-13,16-17,22-27H2,1-2H3,(H7-,52,53,54,55,56,57,58,59,60,61,62,63,64,65,66,67,68,69,70,71,72,73)/p+1. The number of carboxylic acids is 2. The summed E-state index contributed by atoms with van der Waals surface area (Å²) in [4.78, 5) is 21.0. The largest absolute Gasteiger partial charge is 0.481 e. The summed E-state index contributed by atoms with van der Waals surface area (Å²) in [5.74, 6) is -3.56. The number of carboxylic acid groups (broad SMARTS) is 2. The first-order valence-electron chi connectivity index (χ1n) is 24.3. The quantitative estimate of drug-likeness (QED) is 0.0133. The van der Waals surface area contributed by atoms with E-state index < -0.39 is 115 Å². The van der Waals surface area contributed by atoms with Crippen LogP contribution in [0.25, 0.3) is 21.5 Å². The minimum absolute atomic E-state index is 0.0776. The molecule has 0 saturated carbocycles. The summed E-state index contributed by atoms with van der Waals surface area (Å²) in [5.41, 5.74) is -0.849. The van der Waals surface area contributed by atoms with E-state index in [9.17, 15) is 97.6 Å². The Bertz CT molecular complexity index is 3960. The number of aliphatic carboxylic acids is 2. The molecule has 0 radical (unpaired) electrons. The summed E-state index contributed by atoms with van der Waals surface area (Å²) in [6, 6.07) is 8.77. The highest BCUT2D eigenvalue weighted by Crippen LogP contribution is 2.54. The Morgan fingerprint density at radius 2 is 1.01 bits per heavy atom. The van der Waals surface area contributed by atoms with Gasteiger partial charge < -0.3 is 15.1 Å². The van der Waals surface area contributed by atoms with Crippen molar-refractivity contribution in [3.63, 3.8) is 0 Å². The van der Waals surface area contributed by atoms with E-state index in [-0.39, 0.29) is 97.1 Å². The molecule has 2 unspecified atom stereocenters. The van der Waals surface area contributed by atoms with Crippen LogP contribution in [-0.4, -0.2) is 135 Å². The number of rotatable bonds is 27. The van der Waals surface area contributed by atoms with Crippen molar-refractivity contribution in [2.75, 3.05) is 29.5 Å². The highest BCUT2D eigenvalue weighted by Gasteiger charge is 2.49. The van der Waals surface area contributed by atoms with Crippen LogP contribution in [0.1, 0.15) is 102 Å². The molecule has 79 heavy (non-hydrogen) atoms. The van der Waals surface area contributed by atoms with Crippen molar-refractivity contribution >= 4 is 111 Å². The Balaban J connectivity index is 1.59. The minimum Gasteiger partial charge on any atom is -0.481 e. The number of hydrogen-bond donors (Lipinski definition) is 8. The van der Waals surface area contributed by atoms with Gasteiger partial charge in [0.05, 0.1) is 26.7 Å². The van der Waals surface area contributed by atoms with Gasteiger partial charge in [-0.1, -0.05) is 30.7 Å². The summed E-state index contributed by atoms with van der Waals surface area (Å²) in [6.45, 7) is 3.59. The first kappa shape index (κ1) is 62.7. The van der Waals surface area contributed by atoms with Gasteiger partial charge in [-0.3, -0.25) is 36.9 Å². The van der Waals surface area contributed by atoms with Crippen molar-refractivity contribution in [3.05, 3.63) is 95.7 Å². The first-order chi connectivity index (χ1) is 36.4. The van der Waals surface area contributed by atoms with Crippen LogP contribution in [0.3, 0.4) is 0 Å². The van der Waals surface area contributed by atoms with Crippen molar-refractivity contribution in [3.8, 4) is 0 Å². The van der Waals surface area contributed by atoms with Gasteiger partial charge in [0.25, 0.3) is 60.7 Å². The number of nitrogens with zero attached hydrogens (tertiary/aromatic N) is 2. The molecule has 4 aromatic rings. The molecular formula is C49H59N2O22S6+. The monoisotopic (exact) mass is 1220 g/mol. The number of allylic oxidation sites excluding steroid dienone is 6. The maximum atomic E-state index is 12.8. The fourth-order valence-electron chi connectivity index (χ4n) is 10.7. The van der Waals surface area contributed by atoms with Crippen molar-refractivity contribution in [2.24, 2.45) is 0 Å². The molecule has 0 saturated heterocycles. The van der Waals surface area contributed by atoms with Crippen LogP contribution >= 0.6 is 0 Å². The van der Waals surface area contributed by atoms with E-state index in [0.717, 1.165) is 12.1 Å². The maximum absolute atomic E-state index is 12.8. The molecule has 30 heteroatoms. The molecule has 0 bridgehead atoms. The third kappa shape index (κ3) is 14.7. The lowest BCUT2D eigenvalue weighted by atomic mass is 9.74. The Hall–Kier alpha value is -5.51. The van der Waals surface area contributed by atoms with Crippen LogP contribution in [0, 0.1) is 0 Å². The zero-order valence-electron chi connectivity index (χ0n) is 42.5. The summed E-state index contributed by atoms with van der Waals surface area (Å²) < 4.78 is 213. The van der Waals surface area contributed by atoms with Gasteiger partial charge >= 0.3 is 11.9 Å². The van der Waals surface area contributed by atoms with Crippen LogP contribution in [0.15, 0.2) is 104 Å². The molecule has 8 N–H and O–H groups in total. The van der Waals surface area contributed by atoms with Gasteiger partial charge in [-0.2, -0.15) is 55.1 Å². The molecule has 2 aliphatic rings. The van der Waals surface area contributed by atoms with E-state index >= 15 is 0 Å². The molecule has 0 spiro atoms. The first-order valence-corrected chi connectivity index (χ1v) is 33.3. The lowest BCUT2D eigenvalue weighted by molar-refractivity contribution is -0.438. The Morgan fingerprint density at radius 3 is 1.49 bits per heavy atom. The smallest absolute Gasteiger partial charge is 0.303 e. The fourth-order valence-corrected chi connectivity index (χ4v) is 14.4. The van der Waals surface area contributed by atoms with E-state index in [0.29, 0.717) is 60.6 Å². The molecular weight excluding hydrogens is 1160 g/mol. The van der Waals surface area contributed by atoms with E-state index in [2.05, 4.69) is 0 Å². The van der Waals surface area contributed by atoms with E-state index in [1.165, 1.54) is 30.3 Å². The lowest BCUT2D eigenvalue weighted by Gasteiger charge is -2.31. The number of fused-ring (bicyclic) bond motifs is 6. The van der Waals surface area contributed by atoms with Crippen LogP contribution in [0.2, 0.25) is 0 Å². The van der Waals surface area contributed by atoms with Crippen molar-refractivity contribution < 1.29 is 102 Å². The third-order valence-corrected chi connectivity index (χ3v) is 19.1. The lowest BCUT2D eigenvalue weighted by Crippen LogP contribution is -2.32. The highest BCUT2D eigenvalue weighted by molar-refractivity contribution is 7.87. The van der Waals surface area contributed by atoms with Crippen LogP contribution in [-0.2, 0) is 81.1 Å². The normalized spacial score (nSPS) is 18.9. The fraction of sp³-hybridized carbons (Fsp3) is 0.408. The van der Waals surface area contributed by atoms with Gasteiger partial charge in [0, 0.05) is 71.1 Å². The summed E-state index contributed by atoms with van der Waals surface area (Å²) in [6.07, 6.45) is 8.88. The number of unbranched alkanes of at least 4 members (excludes halogenated alkanes) is 4. The van der Waals surface area contributed by atoms with E-state index in [1.807, 2.05) is 0 Å². The Labute approximate surface area is 457 Å². The Kier molecular flexibility index (Phi) is 18.7. The van der Waals surface area contributed by atoms with Crippen molar-refractivity contribution in [2.45, 2.75) is 121 Å². The van der Waals surface area contributed by atoms with Crippen LogP contribution < -0.4 is 4.90 Å². The topological polar surface area (TPSA) is 407 Å². The molecule has 2 atom stereocenters. The number of hydrogen-bond acceptors (Lipinski definition) is 15. The van der Waals surface area contributed by atoms with Crippen LogP contribution in [0.4, 0.5) is 11.4 Å². The Morgan fingerprint density at radius 1 is 0.532 bits per heavy atom. The predicted molar refractivity (Wildman–Crippen MR) is 289 cm³/mol. The molecule has 0 amide bonds. The molecule has 0 aromatic heterocycles. The maximum Gasteiger partial charge on any atom is 0.303 e. The van der Waals surface area contributed by atoms with Gasteiger partial charge in [-0.05, 0) is 124 Å². The average Bonchev–Trinajstić information content (AvgIpc) is 3.90. The zero-order valence-corrected chi connectivity index (χ0v) is 47.4.